The fourth-order valence-corrected chi connectivity index (χ4v) is 12.9. The van der Waals surface area contributed by atoms with E-state index in [2.05, 4.69) is 31.9 Å². The first kappa shape index (κ1) is 49.8. The minimum absolute atomic E-state index is 0.0303. The molecule has 0 aliphatic rings. The molecular formula is C29H34I6N6O13. The Hall–Kier alpha value is -0.350. The van der Waals surface area contributed by atoms with E-state index in [1.165, 1.54) is 0 Å². The molecule has 0 aromatic heterocycles. The summed E-state index contributed by atoms with van der Waals surface area (Å²) in [6, 6.07) is -0.961. The van der Waals surface area contributed by atoms with Crippen LogP contribution in [0.5, 0.6) is 0 Å². The van der Waals surface area contributed by atoms with Gasteiger partial charge in [-0.25, -0.2) is 4.79 Å². The first-order chi connectivity index (χ1) is 25.4. The second-order valence-corrected chi connectivity index (χ2v) is 17.4. The zero-order valence-electron chi connectivity index (χ0n) is 27.4. The van der Waals surface area contributed by atoms with Crippen molar-refractivity contribution in [2.24, 2.45) is 0 Å². The van der Waals surface area contributed by atoms with E-state index in [1.54, 1.807) is 136 Å². The largest absolute Gasteiger partial charge is 0.394 e. The molecule has 4 atom stereocenters. The van der Waals surface area contributed by atoms with Crippen molar-refractivity contribution < 1.29 is 64.8 Å². The lowest BCUT2D eigenvalue weighted by Crippen LogP contribution is -2.37. The van der Waals surface area contributed by atoms with Gasteiger partial charge in [0, 0.05) is 33.3 Å². The van der Waals surface area contributed by atoms with E-state index >= 15 is 0 Å². The van der Waals surface area contributed by atoms with E-state index in [4.69, 9.17) is 0 Å². The number of hydrogen-bond acceptors (Lipinski definition) is 13. The number of hydrogen-bond donors (Lipinski definition) is 14. The Morgan fingerprint density at radius 2 is 0.611 bits per heavy atom. The summed E-state index contributed by atoms with van der Waals surface area (Å²) >= 11 is 10.6. The van der Waals surface area contributed by atoms with E-state index in [9.17, 15) is 64.8 Å². The van der Waals surface area contributed by atoms with Gasteiger partial charge in [-0.3, -0.25) is 19.2 Å². The lowest BCUT2D eigenvalue weighted by molar-refractivity contribution is 0.0792. The summed E-state index contributed by atoms with van der Waals surface area (Å²) in [7, 11) is 0. The summed E-state index contributed by atoms with van der Waals surface area (Å²) in [5.74, 6) is -3.09. The van der Waals surface area contributed by atoms with Crippen molar-refractivity contribution in [1.82, 2.24) is 21.3 Å². The molecule has 19 nitrogen and oxygen atoms in total. The van der Waals surface area contributed by atoms with Crippen LogP contribution in [0.2, 0.25) is 0 Å². The molecule has 0 bridgehead atoms. The number of nitrogens with one attached hydrogen (secondary N) is 6. The summed E-state index contributed by atoms with van der Waals surface area (Å²) in [5, 5.41) is 91.1. The highest BCUT2D eigenvalue weighted by Crippen LogP contribution is 2.38. The Kier molecular flexibility index (Phi) is 22.0. The third kappa shape index (κ3) is 13.3. The Balaban J connectivity index is 2.73. The van der Waals surface area contributed by atoms with Crippen LogP contribution in [-0.2, 0) is 0 Å². The lowest BCUT2D eigenvalue weighted by atomic mass is 10.1. The van der Waals surface area contributed by atoms with Crippen LogP contribution in [0.1, 0.15) is 41.4 Å². The summed E-state index contributed by atoms with van der Waals surface area (Å²) in [6.07, 6.45) is -5.18. The number of urea groups is 1. The number of amides is 6. The predicted molar refractivity (Wildman–Crippen MR) is 244 cm³/mol. The molecule has 14 N–H and O–H groups in total. The van der Waals surface area contributed by atoms with Crippen LogP contribution in [0.4, 0.5) is 16.2 Å². The monoisotopic (exact) mass is 1440 g/mol. The number of rotatable bonds is 18. The molecule has 0 saturated carbocycles. The topological polar surface area (TPSA) is 319 Å². The Bertz CT molecular complexity index is 1510. The molecule has 0 saturated heterocycles. The van der Waals surface area contributed by atoms with Crippen molar-refractivity contribution in [3.8, 4) is 0 Å². The van der Waals surface area contributed by atoms with Gasteiger partial charge in [0.05, 0.1) is 98.8 Å². The molecule has 25 heteroatoms. The van der Waals surface area contributed by atoms with Crippen molar-refractivity contribution in [1.29, 1.82) is 0 Å². The van der Waals surface area contributed by atoms with Crippen LogP contribution >= 0.6 is 136 Å². The molecule has 0 aliphatic carbocycles. The first-order valence-corrected chi connectivity index (χ1v) is 21.6. The number of carbonyl (C=O) groups excluding carboxylic acids is 5. The maximum Gasteiger partial charge on any atom is 0.323 e. The number of benzene rings is 2. The maximum atomic E-state index is 13.8. The van der Waals surface area contributed by atoms with Gasteiger partial charge in [0.1, 0.15) is 0 Å². The van der Waals surface area contributed by atoms with Crippen LogP contribution in [0, 0.1) is 21.4 Å². The molecule has 0 heterocycles. The minimum atomic E-state index is -1.29. The van der Waals surface area contributed by atoms with E-state index in [0.717, 1.165) is 0 Å². The highest BCUT2D eigenvalue weighted by atomic mass is 127. The van der Waals surface area contributed by atoms with Crippen molar-refractivity contribution >= 4 is 177 Å². The third-order valence-electron chi connectivity index (χ3n) is 6.86. The molecule has 54 heavy (non-hydrogen) atoms. The number of aliphatic hydroxyl groups is 8. The van der Waals surface area contributed by atoms with Crippen molar-refractivity contribution in [2.45, 2.75) is 24.4 Å². The van der Waals surface area contributed by atoms with E-state index < -0.39 is 80.5 Å². The Morgan fingerprint density at radius 1 is 0.407 bits per heavy atom. The van der Waals surface area contributed by atoms with Gasteiger partial charge in [0.2, 0.25) is 0 Å². The minimum Gasteiger partial charge on any atom is -0.394 e. The van der Waals surface area contributed by atoms with Gasteiger partial charge in [0.25, 0.3) is 23.6 Å². The van der Waals surface area contributed by atoms with Gasteiger partial charge in [-0.05, 0) is 136 Å². The van der Waals surface area contributed by atoms with Gasteiger partial charge in [-0.15, -0.1) is 0 Å². The first-order valence-electron chi connectivity index (χ1n) is 15.1. The Labute approximate surface area is 389 Å². The second-order valence-electron chi connectivity index (χ2n) is 10.9. The molecule has 0 aliphatic heterocycles. The molecule has 0 fully saturated rings. The molecular weight excluding hydrogens is 1400 g/mol. The van der Waals surface area contributed by atoms with E-state index in [1.807, 2.05) is 0 Å². The Morgan fingerprint density at radius 3 is 0.796 bits per heavy atom. The van der Waals surface area contributed by atoms with Gasteiger partial charge in [-0.2, -0.15) is 0 Å². The third-order valence-corrected chi connectivity index (χ3v) is 13.3. The molecule has 0 radical (unpaired) electrons. The zero-order chi connectivity index (χ0) is 41.0. The molecule has 2 aromatic carbocycles. The molecule has 4 unspecified atom stereocenters. The molecule has 6 amide bonds. The highest BCUT2D eigenvalue weighted by molar-refractivity contribution is 14.1. The number of anilines is 2. The van der Waals surface area contributed by atoms with Crippen molar-refractivity contribution in [3.63, 3.8) is 0 Å². The second kappa shape index (κ2) is 23.9. The average Bonchev–Trinajstić information content (AvgIpc) is 3.13. The van der Waals surface area contributed by atoms with E-state index in [-0.39, 0.29) is 81.2 Å². The smallest absolute Gasteiger partial charge is 0.323 e. The number of aliphatic hydroxyl groups excluding tert-OH is 8. The van der Waals surface area contributed by atoms with Gasteiger partial charge in [0.15, 0.2) is 0 Å². The van der Waals surface area contributed by atoms with Crippen LogP contribution in [0.25, 0.3) is 0 Å². The average molecular weight is 1440 g/mol. The number of carbonyl (C=O) groups is 5. The normalized spacial score (nSPS) is 13.3. The highest BCUT2D eigenvalue weighted by Gasteiger charge is 2.32. The molecule has 300 valence electrons. The molecule has 0 spiro atoms. The maximum absolute atomic E-state index is 13.8. The van der Waals surface area contributed by atoms with Gasteiger partial charge < -0.3 is 72.8 Å². The fourth-order valence-electron chi connectivity index (χ4n) is 4.06. The van der Waals surface area contributed by atoms with Crippen LogP contribution < -0.4 is 31.9 Å². The van der Waals surface area contributed by atoms with Crippen LogP contribution in [0.15, 0.2) is 0 Å². The van der Waals surface area contributed by atoms with Crippen LogP contribution in [0.3, 0.4) is 0 Å². The van der Waals surface area contributed by atoms with Crippen molar-refractivity contribution in [3.05, 3.63) is 43.7 Å². The standard InChI is InChI=1S/C29H34I6N6O13/c30-17-13(25(50)36-1-9(46)5-42)19(32)23(20(33)14(17)26(51)37-2-10(47)6-43)40-29(54)41-24-21(34)15(27(52)38-3-11(48)7-44)18(31)16(22(24)35)28(53)39-4-12(49)8-45/h9-12,42-49H,1-8H2,(H,36,50)(H,37,51)(H,38,52)(H,39,53)(H2,40,41,54). The lowest BCUT2D eigenvalue weighted by Gasteiger charge is -2.22. The zero-order valence-corrected chi connectivity index (χ0v) is 40.3. The molecule has 2 rings (SSSR count). The van der Waals surface area contributed by atoms with Crippen LogP contribution in [-0.4, -0.2) is 148 Å². The van der Waals surface area contributed by atoms with E-state index in [0.29, 0.717) is 0 Å². The quantitative estimate of drug-likeness (QED) is 0.0822. The SMILES string of the molecule is O=C(Nc1c(I)c(C(=O)NCC(O)CO)c(I)c(C(=O)NCC(O)CO)c1I)Nc1c(I)c(C(=O)NCC(O)CO)c(I)c(C(=O)NCC(O)CO)c1I. The predicted octanol–water partition coefficient (Wildman–Crippen LogP) is -0.710. The molecule has 2 aromatic rings. The number of halogens is 6. The summed E-state index contributed by atoms with van der Waals surface area (Å²) in [4.78, 5) is 67.4. The summed E-state index contributed by atoms with van der Waals surface area (Å²) < 4.78 is 0.857. The van der Waals surface area contributed by atoms with Gasteiger partial charge in [-0.1, -0.05) is 0 Å². The van der Waals surface area contributed by atoms with Crippen molar-refractivity contribution in [2.75, 3.05) is 63.2 Å². The summed E-state index contributed by atoms with van der Waals surface area (Å²) in [6.45, 7) is -3.99. The fraction of sp³-hybridized carbons (Fsp3) is 0.414. The summed E-state index contributed by atoms with van der Waals surface area (Å²) in [5.41, 5.74) is -0.407. The van der Waals surface area contributed by atoms with Gasteiger partial charge >= 0.3 is 6.03 Å².